The summed E-state index contributed by atoms with van der Waals surface area (Å²) in [6.07, 6.45) is -4.46. The van der Waals surface area contributed by atoms with Crippen molar-refractivity contribution in [2.45, 2.75) is 41.6 Å². The smallest absolute Gasteiger partial charge is 0.334 e. The maximum atomic E-state index is 13.1. The van der Waals surface area contributed by atoms with Crippen LogP contribution < -0.4 is 0 Å². The summed E-state index contributed by atoms with van der Waals surface area (Å²) in [5, 5.41) is 0. The van der Waals surface area contributed by atoms with E-state index in [2.05, 4.69) is 12.1 Å². The van der Waals surface area contributed by atoms with Gasteiger partial charge in [0.05, 0.1) is 30.6 Å². The molecule has 0 amide bonds. The minimum atomic E-state index is -4.46. The average Bonchev–Trinajstić information content (AvgIpc) is 2.83. The first-order valence-electron chi connectivity index (χ1n) is 11.1. The Morgan fingerprint density at radius 3 is 1.60 bits per heavy atom. The van der Waals surface area contributed by atoms with Gasteiger partial charge < -0.3 is 4.79 Å². The molecule has 0 saturated heterocycles. The van der Waals surface area contributed by atoms with Crippen LogP contribution in [0.25, 0.3) is 0 Å². The summed E-state index contributed by atoms with van der Waals surface area (Å²) in [7, 11) is -2.51. The zero-order chi connectivity index (χ0) is 25.2. The molecule has 0 heterocycles. The van der Waals surface area contributed by atoms with Crippen LogP contribution in [0.4, 0.5) is 13.2 Å². The molecule has 4 aromatic carbocycles. The van der Waals surface area contributed by atoms with Crippen molar-refractivity contribution >= 4 is 16.3 Å². The highest BCUT2D eigenvalue weighted by atomic mass is 32.3. The lowest BCUT2D eigenvalue weighted by atomic mass is 10.1. The first-order valence-corrected chi connectivity index (χ1v) is 12.6. The molecule has 4 aromatic rings. The van der Waals surface area contributed by atoms with Gasteiger partial charge in [-0.3, -0.25) is 0 Å². The van der Waals surface area contributed by atoms with E-state index in [-0.39, 0.29) is 5.56 Å². The highest BCUT2D eigenvalue weighted by Crippen LogP contribution is 2.70. The van der Waals surface area contributed by atoms with Crippen LogP contribution >= 0.6 is 10.3 Å². The lowest BCUT2D eigenvalue weighted by Gasteiger charge is -2.35. The van der Waals surface area contributed by atoms with Gasteiger partial charge in [-0.05, 0) is 80.4 Å². The van der Waals surface area contributed by atoms with Gasteiger partial charge >= 0.3 is 12.1 Å². The molecule has 6 heteroatoms. The molecule has 0 fully saturated rings. The highest BCUT2D eigenvalue weighted by molar-refractivity contribution is 8.30. The number of alkyl halides is 3. The molecule has 0 radical (unpaired) electrons. The average molecular weight is 496 g/mol. The Kier molecular flexibility index (Phi) is 6.77. The van der Waals surface area contributed by atoms with Crippen molar-refractivity contribution in [1.29, 1.82) is 0 Å². The second kappa shape index (κ2) is 9.62. The first-order chi connectivity index (χ1) is 16.6. The van der Waals surface area contributed by atoms with Gasteiger partial charge in [-0.25, -0.2) is 4.18 Å². The van der Waals surface area contributed by atoms with Crippen molar-refractivity contribution in [2.75, 3.05) is 0 Å². The zero-order valence-corrected chi connectivity index (χ0v) is 20.5. The summed E-state index contributed by atoms with van der Waals surface area (Å²) >= 11 is 0. The molecular formula is C29H26F3O2S+. The molecule has 180 valence electrons. The molecule has 0 bridgehead atoms. The largest absolute Gasteiger partial charge is 0.531 e. The maximum Gasteiger partial charge on any atom is 0.531 e. The van der Waals surface area contributed by atoms with Gasteiger partial charge in [0, 0.05) is 0 Å². The Labute approximate surface area is 204 Å². The van der Waals surface area contributed by atoms with E-state index >= 15 is 0 Å². The minimum absolute atomic E-state index is 0.171. The molecule has 4 rings (SSSR count). The van der Waals surface area contributed by atoms with E-state index in [1.165, 1.54) is 12.1 Å². The van der Waals surface area contributed by atoms with Crippen molar-refractivity contribution in [3.05, 3.63) is 125 Å². The Balaban J connectivity index is 1.95. The molecule has 0 spiro atoms. The lowest BCUT2D eigenvalue weighted by Crippen LogP contribution is -2.17. The van der Waals surface area contributed by atoms with Gasteiger partial charge in [0.1, 0.15) is 5.56 Å². The summed E-state index contributed by atoms with van der Waals surface area (Å²) in [5.41, 5.74) is 2.50. The van der Waals surface area contributed by atoms with Gasteiger partial charge in [-0.15, -0.1) is 0 Å². The van der Waals surface area contributed by atoms with Gasteiger partial charge in [-0.1, -0.05) is 54.1 Å². The summed E-state index contributed by atoms with van der Waals surface area (Å²) in [6.45, 7) is 6.06. The number of benzene rings is 4. The van der Waals surface area contributed by atoms with Crippen molar-refractivity contribution in [3.63, 3.8) is 0 Å². The molecule has 0 aromatic heterocycles. The minimum Gasteiger partial charge on any atom is -0.334 e. The van der Waals surface area contributed by atoms with Crippen molar-refractivity contribution < 1.29 is 22.1 Å². The third-order valence-electron chi connectivity index (χ3n) is 5.71. The van der Waals surface area contributed by atoms with E-state index in [1.54, 1.807) is 0 Å². The quantitative estimate of drug-likeness (QED) is 0.256. The standard InChI is InChI=1S/C29H25F3O2S/c1-20-18-21(2)27(22(3)19-20)35(25-10-6-4-7-11-25,26-12-8-5-9-13-26)34-28(33)23-14-16-24(17-15-23)29(30,31)32/h4-19H,1-3H3/p+1. The van der Waals surface area contributed by atoms with Crippen LogP contribution in [-0.2, 0) is 10.4 Å². The van der Waals surface area contributed by atoms with Crippen LogP contribution in [0.2, 0.25) is 0 Å². The normalized spacial score (nSPS) is 12.3. The van der Waals surface area contributed by atoms with E-state index in [9.17, 15) is 18.0 Å². The number of hydrogen-bond acceptors (Lipinski definition) is 1. The van der Waals surface area contributed by atoms with E-state index in [0.29, 0.717) is 0 Å². The molecule has 0 saturated carbocycles. The number of rotatable bonds is 5. The van der Waals surface area contributed by atoms with Gasteiger partial charge in [0.2, 0.25) is 0 Å². The topological polar surface area (TPSA) is 30.6 Å². The van der Waals surface area contributed by atoms with E-state index < -0.39 is 28.0 Å². The van der Waals surface area contributed by atoms with E-state index in [1.807, 2.05) is 81.4 Å². The second-order valence-corrected chi connectivity index (χ2v) is 11.0. The molecule has 0 unspecified atom stereocenters. The van der Waals surface area contributed by atoms with Gasteiger partial charge in [0.15, 0.2) is 0 Å². The van der Waals surface area contributed by atoms with Crippen LogP contribution in [0.5, 0.6) is 0 Å². The SMILES string of the molecule is Cc1cc(C)c(S(OC(=[OH+])c2ccc(C(F)(F)F)cc2)(c2ccccc2)c2ccccc2)c(C)c1. The molecule has 0 aliphatic heterocycles. The summed E-state index contributed by atoms with van der Waals surface area (Å²) in [5.74, 6) is -0.430. The fourth-order valence-corrected chi connectivity index (χ4v) is 7.78. The van der Waals surface area contributed by atoms with Crippen molar-refractivity contribution in [3.8, 4) is 0 Å². The highest BCUT2D eigenvalue weighted by Gasteiger charge is 2.45. The maximum absolute atomic E-state index is 13.1. The Bertz CT molecular complexity index is 1270. The Morgan fingerprint density at radius 2 is 1.17 bits per heavy atom. The fourth-order valence-electron chi connectivity index (χ4n) is 4.32. The summed E-state index contributed by atoms with van der Waals surface area (Å²) < 4.78 is 45.8. The number of carbonyl (C=O) groups excluding carboxylic acids is 1. The van der Waals surface area contributed by atoms with Crippen molar-refractivity contribution in [2.24, 2.45) is 0 Å². The molecular weight excluding hydrogens is 469 g/mol. The van der Waals surface area contributed by atoms with Gasteiger partial charge in [0.25, 0.3) is 0 Å². The molecule has 1 N–H and O–H groups in total. The molecule has 0 aliphatic rings. The molecule has 35 heavy (non-hydrogen) atoms. The molecule has 0 aliphatic carbocycles. The first kappa shape index (κ1) is 24.6. The van der Waals surface area contributed by atoms with E-state index in [0.717, 1.165) is 43.5 Å². The lowest BCUT2D eigenvalue weighted by molar-refractivity contribution is -0.137. The third-order valence-corrected chi connectivity index (χ3v) is 9.20. The van der Waals surface area contributed by atoms with Crippen molar-refractivity contribution in [1.82, 2.24) is 0 Å². The van der Waals surface area contributed by atoms with Crippen LogP contribution in [-0.4, -0.2) is 10.8 Å². The predicted molar refractivity (Wildman–Crippen MR) is 134 cm³/mol. The Morgan fingerprint density at radius 1 is 0.714 bits per heavy atom. The Hall–Kier alpha value is -3.51. The number of hydrogen-bond donors (Lipinski definition) is 0. The second-order valence-electron chi connectivity index (χ2n) is 8.37. The number of halogens is 3. The fraction of sp³-hybridized carbons (Fsp3) is 0.138. The van der Waals surface area contributed by atoms with E-state index in [4.69, 9.17) is 4.18 Å². The van der Waals surface area contributed by atoms with Crippen LogP contribution in [0.15, 0.2) is 112 Å². The summed E-state index contributed by atoms with van der Waals surface area (Å²) in [6, 6.07) is 27.8. The number of aryl methyl sites for hydroxylation is 3. The monoisotopic (exact) mass is 495 g/mol. The third kappa shape index (κ3) is 4.84. The summed E-state index contributed by atoms with van der Waals surface area (Å²) in [4.78, 5) is 13.9. The van der Waals surface area contributed by atoms with Gasteiger partial charge in [-0.2, -0.15) is 13.2 Å². The molecule has 0 atom stereocenters. The van der Waals surface area contributed by atoms with Crippen LogP contribution in [0.3, 0.4) is 0 Å². The predicted octanol–water partition coefficient (Wildman–Crippen LogP) is 8.39. The van der Waals surface area contributed by atoms with Crippen LogP contribution in [0, 0.1) is 20.8 Å². The van der Waals surface area contributed by atoms with Crippen LogP contribution in [0.1, 0.15) is 27.8 Å². The zero-order valence-electron chi connectivity index (χ0n) is 19.6. The molecule has 2 nitrogen and oxygen atoms in total.